The van der Waals surface area contributed by atoms with Gasteiger partial charge in [-0.25, -0.2) is 0 Å². The number of aromatic amines is 1. The van der Waals surface area contributed by atoms with Gasteiger partial charge in [0.25, 0.3) is 5.91 Å². The lowest BCUT2D eigenvalue weighted by Crippen LogP contribution is -2.27. The van der Waals surface area contributed by atoms with Crippen molar-refractivity contribution in [2.75, 3.05) is 0 Å². The van der Waals surface area contributed by atoms with Crippen LogP contribution in [0.4, 0.5) is 0 Å². The second-order valence-corrected chi connectivity index (χ2v) is 5.73. The average molecular weight is 297 g/mol. The first-order chi connectivity index (χ1) is 10.6. The molecule has 0 spiro atoms. The molecule has 5 nitrogen and oxygen atoms in total. The van der Waals surface area contributed by atoms with Gasteiger partial charge in [-0.3, -0.25) is 14.6 Å². The van der Waals surface area contributed by atoms with E-state index in [-0.39, 0.29) is 17.7 Å². The second-order valence-electron chi connectivity index (χ2n) is 5.73. The Bertz CT molecular complexity index is 719. The van der Waals surface area contributed by atoms with Crippen LogP contribution >= 0.6 is 0 Å². The summed E-state index contributed by atoms with van der Waals surface area (Å²) in [5.74, 6) is -0.0414. The Labute approximate surface area is 129 Å². The lowest BCUT2D eigenvalue weighted by atomic mass is 9.94. The second kappa shape index (κ2) is 5.75. The highest BCUT2D eigenvalue weighted by molar-refractivity contribution is 6.04. The molecule has 0 bridgehead atoms. The van der Waals surface area contributed by atoms with Crippen LogP contribution in [-0.2, 0) is 6.42 Å². The summed E-state index contributed by atoms with van der Waals surface area (Å²) in [6.45, 7) is 3.77. The number of ketones is 1. The minimum atomic E-state index is -0.177. The Morgan fingerprint density at radius 1 is 1.32 bits per heavy atom. The quantitative estimate of drug-likeness (QED) is 0.914. The fraction of sp³-hybridized carbons (Fsp3) is 0.353. The van der Waals surface area contributed by atoms with E-state index < -0.39 is 0 Å². The largest absolute Gasteiger partial charge is 0.354 e. The SMILES string of the molecule is Cc1c(C(=O)N[C@@H](C)c2ccncc2)[nH]c2c1C(=O)CCC2. The number of hydrogen-bond acceptors (Lipinski definition) is 3. The Hall–Kier alpha value is -2.43. The van der Waals surface area contributed by atoms with E-state index in [2.05, 4.69) is 15.3 Å². The fourth-order valence-electron chi connectivity index (χ4n) is 3.01. The average Bonchev–Trinajstić information content (AvgIpc) is 2.86. The topological polar surface area (TPSA) is 74.8 Å². The third-order valence-electron chi connectivity index (χ3n) is 4.22. The molecule has 114 valence electrons. The van der Waals surface area contributed by atoms with Crippen LogP contribution in [0.3, 0.4) is 0 Å². The number of aromatic nitrogens is 2. The molecule has 2 heterocycles. The molecule has 0 saturated heterocycles. The van der Waals surface area contributed by atoms with E-state index in [0.717, 1.165) is 29.7 Å². The van der Waals surface area contributed by atoms with Crippen molar-refractivity contribution in [3.8, 4) is 0 Å². The van der Waals surface area contributed by atoms with Gasteiger partial charge >= 0.3 is 0 Å². The highest BCUT2D eigenvalue weighted by Gasteiger charge is 2.26. The van der Waals surface area contributed by atoms with E-state index in [0.29, 0.717) is 17.7 Å². The van der Waals surface area contributed by atoms with Gasteiger partial charge in [0, 0.05) is 30.1 Å². The molecule has 5 heteroatoms. The van der Waals surface area contributed by atoms with Gasteiger partial charge in [0.15, 0.2) is 5.78 Å². The first-order valence-corrected chi connectivity index (χ1v) is 7.53. The summed E-state index contributed by atoms with van der Waals surface area (Å²) >= 11 is 0. The normalized spacial score (nSPS) is 15.3. The zero-order valence-corrected chi connectivity index (χ0v) is 12.8. The Kier molecular flexibility index (Phi) is 3.79. The number of rotatable bonds is 3. The van der Waals surface area contributed by atoms with E-state index in [1.54, 1.807) is 12.4 Å². The van der Waals surface area contributed by atoms with Gasteiger partial charge in [-0.05, 0) is 49.9 Å². The van der Waals surface area contributed by atoms with Crippen LogP contribution < -0.4 is 5.32 Å². The number of carbonyl (C=O) groups excluding carboxylic acids is 2. The maximum absolute atomic E-state index is 12.5. The summed E-state index contributed by atoms with van der Waals surface area (Å²) in [4.78, 5) is 31.7. The summed E-state index contributed by atoms with van der Waals surface area (Å²) in [5.41, 5.74) is 3.87. The van der Waals surface area contributed by atoms with Crippen LogP contribution in [0, 0.1) is 6.92 Å². The van der Waals surface area contributed by atoms with Gasteiger partial charge in [-0.1, -0.05) is 0 Å². The van der Waals surface area contributed by atoms with E-state index in [1.807, 2.05) is 26.0 Å². The van der Waals surface area contributed by atoms with Crippen molar-refractivity contribution in [2.45, 2.75) is 39.2 Å². The van der Waals surface area contributed by atoms with Crippen molar-refractivity contribution in [1.29, 1.82) is 0 Å². The summed E-state index contributed by atoms with van der Waals surface area (Å²) in [6, 6.07) is 3.63. The van der Waals surface area contributed by atoms with Crippen molar-refractivity contribution in [1.82, 2.24) is 15.3 Å². The van der Waals surface area contributed by atoms with Crippen LogP contribution in [0.15, 0.2) is 24.5 Å². The van der Waals surface area contributed by atoms with Crippen LogP contribution in [0.25, 0.3) is 0 Å². The number of nitrogens with one attached hydrogen (secondary N) is 2. The predicted molar refractivity (Wildman–Crippen MR) is 82.9 cm³/mol. The molecule has 22 heavy (non-hydrogen) atoms. The van der Waals surface area contributed by atoms with E-state index in [1.165, 1.54) is 0 Å². The first kappa shape index (κ1) is 14.5. The minimum Gasteiger partial charge on any atom is -0.354 e. The summed E-state index contributed by atoms with van der Waals surface area (Å²) in [6.07, 6.45) is 5.65. The van der Waals surface area contributed by atoms with Gasteiger partial charge in [-0.15, -0.1) is 0 Å². The summed E-state index contributed by atoms with van der Waals surface area (Å²) < 4.78 is 0. The molecule has 1 amide bonds. The predicted octanol–water partition coefficient (Wildman–Crippen LogP) is 2.73. The smallest absolute Gasteiger partial charge is 0.268 e. The molecule has 2 N–H and O–H groups in total. The molecule has 0 aromatic carbocycles. The maximum atomic E-state index is 12.5. The highest BCUT2D eigenvalue weighted by atomic mass is 16.2. The number of carbonyl (C=O) groups is 2. The molecule has 0 unspecified atom stereocenters. The lowest BCUT2D eigenvalue weighted by Gasteiger charge is -2.13. The standard InChI is InChI=1S/C17H19N3O2/c1-10-15-13(4-3-5-14(15)21)20-16(10)17(22)19-11(2)12-6-8-18-9-7-12/h6-9,11,20H,3-5H2,1-2H3,(H,19,22)/t11-/m0/s1. The molecule has 2 aromatic heterocycles. The summed E-state index contributed by atoms with van der Waals surface area (Å²) in [7, 11) is 0. The fourth-order valence-corrected chi connectivity index (χ4v) is 3.01. The number of aryl methyl sites for hydroxylation is 1. The van der Waals surface area contributed by atoms with E-state index in [9.17, 15) is 9.59 Å². The number of amides is 1. The molecule has 1 aliphatic rings. The number of hydrogen-bond donors (Lipinski definition) is 2. The van der Waals surface area contributed by atoms with Crippen LogP contribution in [0.5, 0.6) is 0 Å². The minimum absolute atomic E-state index is 0.120. The number of Topliss-reactive ketones (excluding diaryl/α,β-unsaturated/α-hetero) is 1. The molecule has 0 radical (unpaired) electrons. The third kappa shape index (κ3) is 2.54. The van der Waals surface area contributed by atoms with Crippen molar-refractivity contribution >= 4 is 11.7 Å². The summed E-state index contributed by atoms with van der Waals surface area (Å²) in [5, 5.41) is 2.97. The molecular formula is C17H19N3O2. The van der Waals surface area contributed by atoms with Gasteiger partial charge < -0.3 is 10.3 Å². The van der Waals surface area contributed by atoms with Crippen LogP contribution in [-0.4, -0.2) is 21.7 Å². The molecule has 1 atom stereocenters. The Morgan fingerprint density at radius 2 is 2.05 bits per heavy atom. The zero-order valence-electron chi connectivity index (χ0n) is 12.8. The Morgan fingerprint density at radius 3 is 2.73 bits per heavy atom. The van der Waals surface area contributed by atoms with Gasteiger partial charge in [0.2, 0.25) is 0 Å². The van der Waals surface area contributed by atoms with Gasteiger partial charge in [0.05, 0.1) is 6.04 Å². The number of nitrogens with zero attached hydrogens (tertiary/aromatic N) is 1. The molecule has 1 aliphatic carbocycles. The van der Waals surface area contributed by atoms with Crippen molar-refractivity contribution in [3.63, 3.8) is 0 Å². The highest BCUT2D eigenvalue weighted by Crippen LogP contribution is 2.26. The van der Waals surface area contributed by atoms with E-state index >= 15 is 0 Å². The first-order valence-electron chi connectivity index (χ1n) is 7.53. The molecule has 3 rings (SSSR count). The molecule has 0 fully saturated rings. The number of fused-ring (bicyclic) bond motifs is 1. The van der Waals surface area contributed by atoms with Crippen LogP contribution in [0.2, 0.25) is 0 Å². The van der Waals surface area contributed by atoms with Crippen LogP contribution in [0.1, 0.15) is 63.5 Å². The molecular weight excluding hydrogens is 278 g/mol. The number of H-pyrrole nitrogens is 1. The Balaban J connectivity index is 1.83. The molecule has 0 saturated carbocycles. The van der Waals surface area contributed by atoms with Gasteiger partial charge in [0.1, 0.15) is 5.69 Å². The third-order valence-corrected chi connectivity index (χ3v) is 4.22. The zero-order chi connectivity index (χ0) is 15.7. The van der Waals surface area contributed by atoms with Crippen molar-refractivity contribution in [3.05, 3.63) is 52.6 Å². The van der Waals surface area contributed by atoms with Crippen molar-refractivity contribution in [2.24, 2.45) is 0 Å². The lowest BCUT2D eigenvalue weighted by molar-refractivity contribution is 0.0934. The molecule has 2 aromatic rings. The molecule has 0 aliphatic heterocycles. The number of pyridine rings is 1. The van der Waals surface area contributed by atoms with Crippen molar-refractivity contribution < 1.29 is 9.59 Å². The van der Waals surface area contributed by atoms with E-state index in [4.69, 9.17) is 0 Å². The monoisotopic (exact) mass is 297 g/mol. The van der Waals surface area contributed by atoms with Gasteiger partial charge in [-0.2, -0.15) is 0 Å². The maximum Gasteiger partial charge on any atom is 0.268 e.